The lowest BCUT2D eigenvalue weighted by atomic mass is 9.96. The van der Waals surface area contributed by atoms with Crippen LogP contribution in [0.4, 0.5) is 18.9 Å². The van der Waals surface area contributed by atoms with Gasteiger partial charge >= 0.3 is 6.18 Å². The minimum Gasteiger partial charge on any atom is -0.397 e. The van der Waals surface area contributed by atoms with E-state index in [0.29, 0.717) is 45.8 Å². The van der Waals surface area contributed by atoms with Crippen LogP contribution < -0.4 is 11.1 Å². The first-order valence-electron chi connectivity index (χ1n) is 12.0. The molecule has 0 radical (unpaired) electrons. The number of rotatable bonds is 6. The number of benzene rings is 1. The van der Waals surface area contributed by atoms with Crippen LogP contribution in [-0.4, -0.2) is 26.6 Å². The number of oxime groups is 1. The fourth-order valence-corrected chi connectivity index (χ4v) is 4.19. The number of pyridine rings is 3. The zero-order valence-electron chi connectivity index (χ0n) is 20.7. The molecule has 0 aliphatic carbocycles. The zero-order valence-corrected chi connectivity index (χ0v) is 20.7. The van der Waals surface area contributed by atoms with Crippen LogP contribution in [0.1, 0.15) is 58.4 Å². The van der Waals surface area contributed by atoms with Gasteiger partial charge in [-0.05, 0) is 61.0 Å². The van der Waals surface area contributed by atoms with Crippen molar-refractivity contribution in [2.75, 3.05) is 5.73 Å². The summed E-state index contributed by atoms with van der Waals surface area (Å²) in [4.78, 5) is 31.2. The molecule has 11 heteroatoms. The molecule has 1 aromatic carbocycles. The fourth-order valence-electron chi connectivity index (χ4n) is 4.19. The first kappa shape index (κ1) is 25.8. The largest absolute Gasteiger partial charge is 0.433 e. The highest BCUT2D eigenvalue weighted by molar-refractivity contribution is 6.05. The predicted octanol–water partition coefficient (Wildman–Crippen LogP) is 5.50. The number of alkyl halides is 3. The van der Waals surface area contributed by atoms with Crippen molar-refractivity contribution in [1.29, 1.82) is 0 Å². The zero-order chi connectivity index (χ0) is 27.6. The van der Waals surface area contributed by atoms with Gasteiger partial charge in [0.05, 0.1) is 28.8 Å². The first-order chi connectivity index (χ1) is 18.7. The molecular weight excluding hydrogens is 509 g/mol. The van der Waals surface area contributed by atoms with Gasteiger partial charge in [-0.1, -0.05) is 17.3 Å². The van der Waals surface area contributed by atoms with Gasteiger partial charge < -0.3 is 15.9 Å². The fraction of sp³-hybridized carbons (Fsp3) is 0.179. The van der Waals surface area contributed by atoms with Gasteiger partial charge in [0.25, 0.3) is 5.91 Å². The van der Waals surface area contributed by atoms with E-state index in [1.807, 2.05) is 24.3 Å². The molecule has 198 valence electrons. The Labute approximate surface area is 221 Å². The number of amides is 1. The van der Waals surface area contributed by atoms with E-state index in [0.717, 1.165) is 18.0 Å². The van der Waals surface area contributed by atoms with E-state index in [1.54, 1.807) is 43.6 Å². The number of carbonyl (C=O) groups is 1. The Morgan fingerprint density at radius 2 is 1.82 bits per heavy atom. The van der Waals surface area contributed by atoms with Crippen LogP contribution in [-0.2, 0) is 11.0 Å². The summed E-state index contributed by atoms with van der Waals surface area (Å²) < 4.78 is 38.6. The van der Waals surface area contributed by atoms with Crippen LogP contribution in [0.2, 0.25) is 0 Å². The Kier molecular flexibility index (Phi) is 6.97. The molecule has 2 atom stereocenters. The Bertz CT molecular complexity index is 1520. The normalized spacial score (nSPS) is 15.8. The van der Waals surface area contributed by atoms with Crippen molar-refractivity contribution in [1.82, 2.24) is 20.3 Å². The van der Waals surface area contributed by atoms with Crippen molar-refractivity contribution in [2.24, 2.45) is 5.16 Å². The summed E-state index contributed by atoms with van der Waals surface area (Å²) in [5, 5.41) is 7.07. The Hall–Kier alpha value is -4.80. The van der Waals surface area contributed by atoms with Crippen molar-refractivity contribution in [3.05, 3.63) is 107 Å². The number of nitrogens with two attached hydrogens (primary N) is 1. The van der Waals surface area contributed by atoms with Gasteiger partial charge in [-0.15, -0.1) is 0 Å². The molecule has 4 aromatic rings. The van der Waals surface area contributed by atoms with Crippen LogP contribution >= 0.6 is 0 Å². The van der Waals surface area contributed by atoms with Crippen molar-refractivity contribution < 1.29 is 22.8 Å². The van der Waals surface area contributed by atoms with E-state index in [9.17, 15) is 18.0 Å². The molecule has 5 rings (SSSR count). The summed E-state index contributed by atoms with van der Waals surface area (Å²) in [7, 11) is 0. The first-order valence-corrected chi connectivity index (χ1v) is 12.0. The van der Waals surface area contributed by atoms with Gasteiger partial charge in [0.15, 0.2) is 6.10 Å². The molecule has 8 nitrogen and oxygen atoms in total. The molecule has 4 heterocycles. The lowest BCUT2D eigenvalue weighted by molar-refractivity contribution is -0.141. The Morgan fingerprint density at radius 3 is 2.51 bits per heavy atom. The monoisotopic (exact) mass is 532 g/mol. The van der Waals surface area contributed by atoms with Crippen molar-refractivity contribution in [2.45, 2.75) is 31.7 Å². The lowest BCUT2D eigenvalue weighted by Crippen LogP contribution is -2.27. The van der Waals surface area contributed by atoms with Crippen LogP contribution in [0.25, 0.3) is 11.3 Å². The summed E-state index contributed by atoms with van der Waals surface area (Å²) in [6.45, 7) is 1.66. The molecule has 39 heavy (non-hydrogen) atoms. The maximum atomic E-state index is 13.3. The molecule has 1 aliphatic rings. The number of nitrogen functional groups attached to an aromatic ring is 1. The number of hydrogen-bond acceptors (Lipinski definition) is 7. The Balaban J connectivity index is 1.43. The standard InChI is InChI=1S/C28H23F3N6O2/c1-16(17-7-8-25(35-15-17)28(29,30)31)36-27(38)20-12-18(11-19(13-20)26-21(32)5-4-10-34-26)23-14-24(39-37-23)22-6-2-3-9-33-22/h2-13,15-16,24H,14,32H2,1H3,(H,36,38)/t16-,24?/m1/s1. The van der Waals surface area contributed by atoms with Gasteiger partial charge in [0.2, 0.25) is 0 Å². The van der Waals surface area contributed by atoms with E-state index in [1.165, 1.54) is 6.07 Å². The van der Waals surface area contributed by atoms with Gasteiger partial charge in [-0.3, -0.25) is 19.7 Å². The minimum absolute atomic E-state index is 0.295. The molecule has 0 bridgehead atoms. The van der Waals surface area contributed by atoms with E-state index in [4.69, 9.17) is 10.6 Å². The van der Waals surface area contributed by atoms with E-state index in [2.05, 4.69) is 25.4 Å². The van der Waals surface area contributed by atoms with Gasteiger partial charge in [-0.25, -0.2) is 0 Å². The number of carbonyl (C=O) groups excluding carboxylic acids is 1. The second-order valence-electron chi connectivity index (χ2n) is 9.00. The third kappa shape index (κ3) is 5.71. The number of hydrogen-bond donors (Lipinski definition) is 2. The maximum Gasteiger partial charge on any atom is 0.433 e. The number of nitrogens with one attached hydrogen (secondary N) is 1. The summed E-state index contributed by atoms with van der Waals surface area (Å²) in [5.41, 5.74) is 9.41. The summed E-state index contributed by atoms with van der Waals surface area (Å²) in [5.74, 6) is -0.444. The average Bonchev–Trinajstić information content (AvgIpc) is 3.44. The number of halogens is 3. The SMILES string of the molecule is C[C@@H](NC(=O)c1cc(C2=NOC(c3ccccn3)C2)cc(-c2ncccc2N)c1)c1ccc(C(F)(F)F)nc1. The predicted molar refractivity (Wildman–Crippen MR) is 138 cm³/mol. The number of aromatic nitrogens is 3. The number of nitrogens with zero attached hydrogens (tertiary/aromatic N) is 4. The molecule has 0 saturated carbocycles. The molecule has 0 saturated heterocycles. The quantitative estimate of drug-likeness (QED) is 0.339. The summed E-state index contributed by atoms with van der Waals surface area (Å²) in [6, 6.07) is 15.7. The molecule has 0 fully saturated rings. The van der Waals surface area contributed by atoms with Gasteiger partial charge in [-0.2, -0.15) is 13.2 Å². The summed E-state index contributed by atoms with van der Waals surface area (Å²) >= 11 is 0. The second kappa shape index (κ2) is 10.5. The van der Waals surface area contributed by atoms with Crippen molar-refractivity contribution >= 4 is 17.3 Å². The van der Waals surface area contributed by atoms with E-state index >= 15 is 0 Å². The van der Waals surface area contributed by atoms with Crippen LogP contribution in [0.3, 0.4) is 0 Å². The van der Waals surface area contributed by atoms with Crippen LogP contribution in [0, 0.1) is 0 Å². The minimum atomic E-state index is -4.54. The van der Waals surface area contributed by atoms with Crippen LogP contribution in [0.15, 0.2) is 84.4 Å². The molecular formula is C28H23F3N6O2. The Morgan fingerprint density at radius 1 is 1.03 bits per heavy atom. The molecule has 0 spiro atoms. The lowest BCUT2D eigenvalue weighted by Gasteiger charge is -2.16. The molecule has 3 aromatic heterocycles. The molecule has 1 amide bonds. The van der Waals surface area contributed by atoms with E-state index in [-0.39, 0.29) is 6.10 Å². The smallest absolute Gasteiger partial charge is 0.397 e. The highest BCUT2D eigenvalue weighted by Gasteiger charge is 2.32. The van der Waals surface area contributed by atoms with Crippen molar-refractivity contribution in [3.8, 4) is 11.3 Å². The van der Waals surface area contributed by atoms with E-state index < -0.39 is 23.8 Å². The van der Waals surface area contributed by atoms with Crippen molar-refractivity contribution in [3.63, 3.8) is 0 Å². The topological polar surface area (TPSA) is 115 Å². The number of anilines is 1. The highest BCUT2D eigenvalue weighted by Crippen LogP contribution is 2.32. The molecule has 3 N–H and O–H groups in total. The molecule has 1 aliphatic heterocycles. The maximum absolute atomic E-state index is 13.3. The highest BCUT2D eigenvalue weighted by atomic mass is 19.4. The van der Waals surface area contributed by atoms with Crippen LogP contribution in [0.5, 0.6) is 0 Å². The average molecular weight is 533 g/mol. The summed E-state index contributed by atoms with van der Waals surface area (Å²) in [6.07, 6.45) is -0.0898. The third-order valence-corrected chi connectivity index (χ3v) is 6.25. The van der Waals surface area contributed by atoms with Gasteiger partial charge in [0.1, 0.15) is 5.69 Å². The third-order valence-electron chi connectivity index (χ3n) is 6.25. The second-order valence-corrected chi connectivity index (χ2v) is 9.00. The molecule has 1 unspecified atom stereocenters. The van der Waals surface area contributed by atoms with Gasteiger partial charge in [0, 0.05) is 41.7 Å².